The highest BCUT2D eigenvalue weighted by molar-refractivity contribution is 5.97. The van der Waals surface area contributed by atoms with Crippen LogP contribution in [-0.4, -0.2) is 27.5 Å². The lowest BCUT2D eigenvalue weighted by atomic mass is 10.0. The molecule has 0 bridgehead atoms. The van der Waals surface area contributed by atoms with E-state index in [4.69, 9.17) is 5.73 Å². The second-order valence-electron chi connectivity index (χ2n) is 6.05. The zero-order valence-electron chi connectivity index (χ0n) is 14.3. The fraction of sp³-hybridized carbons (Fsp3) is 0.353. The third-order valence-corrected chi connectivity index (χ3v) is 3.91. The van der Waals surface area contributed by atoms with Gasteiger partial charge < -0.3 is 20.9 Å². The minimum atomic E-state index is -0.717. The molecule has 7 nitrogen and oxygen atoms in total. The van der Waals surface area contributed by atoms with Crippen LogP contribution in [0.2, 0.25) is 0 Å². The molecule has 1 aromatic heterocycles. The Bertz CT molecular complexity index is 734. The molecule has 128 valence electrons. The lowest BCUT2D eigenvalue weighted by Gasteiger charge is -2.20. The van der Waals surface area contributed by atoms with Crippen LogP contribution in [0.15, 0.2) is 30.6 Å². The number of rotatable bonds is 5. The summed E-state index contributed by atoms with van der Waals surface area (Å²) < 4.78 is 1.98. The van der Waals surface area contributed by atoms with Crippen molar-refractivity contribution in [2.45, 2.75) is 33.7 Å². The number of hydrogen-bond acceptors (Lipinski definition) is 3. The Kier molecular flexibility index (Phi) is 5.23. The lowest BCUT2D eigenvalue weighted by molar-refractivity contribution is -0.118. The van der Waals surface area contributed by atoms with Crippen molar-refractivity contribution in [3.8, 4) is 5.69 Å². The summed E-state index contributed by atoms with van der Waals surface area (Å²) in [5, 5.41) is 5.25. The molecule has 0 aliphatic rings. The van der Waals surface area contributed by atoms with Crippen LogP contribution in [0, 0.1) is 19.8 Å². The standard InChI is InChI=1S/C17H23N5O2/c1-10(2)15(21-17(18)24)16(23)20-13-5-7-14(8-6-13)22-9-19-11(3)12(22)4/h5-10,15H,1-4H3,(H,20,23)(H3,18,21,24)/t15-/m1/s1. The first-order chi connectivity index (χ1) is 11.3. The Morgan fingerprint density at radius 2 is 1.79 bits per heavy atom. The van der Waals surface area contributed by atoms with Gasteiger partial charge in [0.15, 0.2) is 0 Å². The summed E-state index contributed by atoms with van der Waals surface area (Å²) in [6.07, 6.45) is 1.77. The van der Waals surface area contributed by atoms with Gasteiger partial charge in [0, 0.05) is 17.1 Å². The van der Waals surface area contributed by atoms with Crippen LogP contribution in [0.3, 0.4) is 0 Å². The number of primary amides is 1. The normalized spacial score (nSPS) is 12.0. The van der Waals surface area contributed by atoms with Crippen LogP contribution in [0.4, 0.5) is 10.5 Å². The predicted octanol–water partition coefficient (Wildman–Crippen LogP) is 2.12. The smallest absolute Gasteiger partial charge is 0.312 e. The molecule has 7 heteroatoms. The van der Waals surface area contributed by atoms with Crippen LogP contribution in [0.25, 0.3) is 5.69 Å². The Morgan fingerprint density at radius 3 is 2.25 bits per heavy atom. The van der Waals surface area contributed by atoms with E-state index in [0.717, 1.165) is 17.1 Å². The number of urea groups is 1. The Morgan fingerprint density at radius 1 is 1.17 bits per heavy atom. The van der Waals surface area contributed by atoms with Gasteiger partial charge in [0.25, 0.3) is 0 Å². The van der Waals surface area contributed by atoms with E-state index in [-0.39, 0.29) is 11.8 Å². The number of nitrogens with zero attached hydrogens (tertiary/aromatic N) is 2. The topological polar surface area (TPSA) is 102 Å². The molecule has 0 aliphatic heterocycles. The quantitative estimate of drug-likeness (QED) is 0.783. The van der Waals surface area contributed by atoms with Crippen molar-refractivity contribution in [2.75, 3.05) is 5.32 Å². The highest BCUT2D eigenvalue weighted by Crippen LogP contribution is 2.17. The number of anilines is 1. The number of nitrogens with two attached hydrogens (primary N) is 1. The summed E-state index contributed by atoms with van der Waals surface area (Å²) in [4.78, 5) is 27.6. The third-order valence-electron chi connectivity index (χ3n) is 3.91. The van der Waals surface area contributed by atoms with Gasteiger partial charge in [-0.15, -0.1) is 0 Å². The number of carbonyl (C=O) groups excluding carboxylic acids is 2. The van der Waals surface area contributed by atoms with E-state index in [1.54, 1.807) is 6.33 Å². The molecule has 0 saturated carbocycles. The van der Waals surface area contributed by atoms with E-state index in [2.05, 4.69) is 15.6 Å². The van der Waals surface area contributed by atoms with Gasteiger partial charge in [-0.25, -0.2) is 9.78 Å². The summed E-state index contributed by atoms with van der Waals surface area (Å²) >= 11 is 0. The van der Waals surface area contributed by atoms with E-state index in [1.165, 1.54) is 0 Å². The van der Waals surface area contributed by atoms with Crippen LogP contribution in [0.1, 0.15) is 25.2 Å². The lowest BCUT2D eigenvalue weighted by Crippen LogP contribution is -2.49. The third kappa shape index (κ3) is 3.92. The molecule has 0 aliphatic carbocycles. The minimum Gasteiger partial charge on any atom is -0.352 e. The van der Waals surface area contributed by atoms with Crippen molar-refractivity contribution < 1.29 is 9.59 Å². The van der Waals surface area contributed by atoms with Crippen LogP contribution >= 0.6 is 0 Å². The summed E-state index contributed by atoms with van der Waals surface area (Å²) in [6, 6.07) is 6.02. The second kappa shape index (κ2) is 7.16. The maximum atomic E-state index is 12.3. The number of nitrogens with one attached hydrogen (secondary N) is 2. The first-order valence-corrected chi connectivity index (χ1v) is 7.77. The SMILES string of the molecule is Cc1ncn(-c2ccc(NC(=O)[C@H](NC(N)=O)C(C)C)cc2)c1C. The largest absolute Gasteiger partial charge is 0.352 e. The molecule has 1 heterocycles. The molecule has 0 radical (unpaired) electrons. The van der Waals surface area contributed by atoms with Crippen molar-refractivity contribution in [1.29, 1.82) is 0 Å². The molecule has 24 heavy (non-hydrogen) atoms. The van der Waals surface area contributed by atoms with Gasteiger partial charge in [-0.1, -0.05) is 13.8 Å². The molecular formula is C17H23N5O2. The highest BCUT2D eigenvalue weighted by atomic mass is 16.2. The summed E-state index contributed by atoms with van der Waals surface area (Å²) in [7, 11) is 0. The number of carbonyl (C=O) groups is 2. The maximum absolute atomic E-state index is 12.3. The van der Waals surface area contributed by atoms with Gasteiger partial charge in [0.1, 0.15) is 6.04 Å². The molecule has 3 amide bonds. The van der Waals surface area contributed by atoms with E-state index in [1.807, 2.05) is 56.5 Å². The first-order valence-electron chi connectivity index (χ1n) is 7.77. The average molecular weight is 329 g/mol. The van der Waals surface area contributed by atoms with Crippen molar-refractivity contribution in [3.63, 3.8) is 0 Å². The van der Waals surface area contributed by atoms with Crippen molar-refractivity contribution in [3.05, 3.63) is 42.0 Å². The number of benzene rings is 1. The van der Waals surface area contributed by atoms with Crippen molar-refractivity contribution in [2.24, 2.45) is 11.7 Å². The number of hydrogen-bond donors (Lipinski definition) is 3. The number of aromatic nitrogens is 2. The van der Waals surface area contributed by atoms with Gasteiger partial charge in [-0.05, 0) is 44.0 Å². The van der Waals surface area contributed by atoms with Gasteiger partial charge in [-0.2, -0.15) is 0 Å². The zero-order valence-corrected chi connectivity index (χ0v) is 14.3. The van der Waals surface area contributed by atoms with Gasteiger partial charge in [-0.3, -0.25) is 4.79 Å². The summed E-state index contributed by atoms with van der Waals surface area (Å²) in [5.41, 5.74) is 8.78. The molecule has 1 aromatic carbocycles. The highest BCUT2D eigenvalue weighted by Gasteiger charge is 2.23. The second-order valence-corrected chi connectivity index (χ2v) is 6.05. The maximum Gasteiger partial charge on any atom is 0.312 e. The first kappa shape index (κ1) is 17.5. The molecule has 0 spiro atoms. The van der Waals surface area contributed by atoms with Crippen LogP contribution < -0.4 is 16.4 Å². The molecule has 0 fully saturated rings. The molecule has 2 aromatic rings. The molecule has 0 unspecified atom stereocenters. The summed E-state index contributed by atoms with van der Waals surface area (Å²) in [5.74, 6) is -0.375. The average Bonchev–Trinajstić information content (AvgIpc) is 2.85. The predicted molar refractivity (Wildman–Crippen MR) is 93.0 cm³/mol. The van der Waals surface area contributed by atoms with Gasteiger partial charge >= 0.3 is 6.03 Å². The number of amides is 3. The molecule has 1 atom stereocenters. The zero-order chi connectivity index (χ0) is 17.9. The monoisotopic (exact) mass is 329 g/mol. The fourth-order valence-corrected chi connectivity index (χ4v) is 2.37. The molecule has 2 rings (SSSR count). The minimum absolute atomic E-state index is 0.0756. The van der Waals surface area contributed by atoms with E-state index in [9.17, 15) is 9.59 Å². The number of imidazole rings is 1. The molecular weight excluding hydrogens is 306 g/mol. The fourth-order valence-electron chi connectivity index (χ4n) is 2.37. The Labute approximate surface area is 141 Å². The van der Waals surface area contributed by atoms with Crippen LogP contribution in [0.5, 0.6) is 0 Å². The summed E-state index contributed by atoms with van der Waals surface area (Å²) in [6.45, 7) is 7.64. The van der Waals surface area contributed by atoms with E-state index in [0.29, 0.717) is 5.69 Å². The van der Waals surface area contributed by atoms with E-state index >= 15 is 0 Å². The van der Waals surface area contributed by atoms with Crippen molar-refractivity contribution >= 4 is 17.6 Å². The molecule has 0 saturated heterocycles. The van der Waals surface area contributed by atoms with Crippen LogP contribution in [-0.2, 0) is 4.79 Å². The van der Waals surface area contributed by atoms with Gasteiger partial charge in [0.2, 0.25) is 5.91 Å². The Balaban J connectivity index is 2.12. The molecule has 4 N–H and O–H groups in total. The van der Waals surface area contributed by atoms with Crippen molar-refractivity contribution in [1.82, 2.24) is 14.9 Å². The number of aryl methyl sites for hydroxylation is 1. The van der Waals surface area contributed by atoms with E-state index < -0.39 is 12.1 Å². The Hall–Kier alpha value is -2.83. The van der Waals surface area contributed by atoms with Gasteiger partial charge in [0.05, 0.1) is 12.0 Å².